The normalized spacial score (nSPS) is 10.4. The van der Waals surface area contributed by atoms with Crippen LogP contribution >= 0.6 is 15.9 Å². The number of aromatic nitrogens is 2. The van der Waals surface area contributed by atoms with Crippen LogP contribution in [-0.2, 0) is 6.42 Å². The Morgan fingerprint density at radius 3 is 2.88 bits per heavy atom. The van der Waals surface area contributed by atoms with Crippen molar-refractivity contribution in [3.8, 4) is 5.69 Å². The number of aldehydes is 1. The van der Waals surface area contributed by atoms with Crippen LogP contribution in [0.2, 0.25) is 0 Å². The zero-order valence-electron chi connectivity index (χ0n) is 8.85. The highest BCUT2D eigenvalue weighted by atomic mass is 79.9. The standard InChI is InChI=1S/C12H11BrN2O/c1-2-10-3-4-11(8-16)15(10)12-5-9(13)6-14-7-12/h3-8H,2H2,1H3. The first-order valence-electron chi connectivity index (χ1n) is 5.03. The van der Waals surface area contributed by atoms with Gasteiger partial charge < -0.3 is 4.57 Å². The van der Waals surface area contributed by atoms with Gasteiger partial charge >= 0.3 is 0 Å². The van der Waals surface area contributed by atoms with E-state index in [1.165, 1.54) is 0 Å². The van der Waals surface area contributed by atoms with E-state index in [9.17, 15) is 4.79 Å². The average molecular weight is 279 g/mol. The molecule has 0 aliphatic rings. The fraction of sp³-hybridized carbons (Fsp3) is 0.167. The lowest BCUT2D eigenvalue weighted by Crippen LogP contribution is -2.03. The fourth-order valence-corrected chi connectivity index (χ4v) is 2.06. The zero-order chi connectivity index (χ0) is 11.5. The van der Waals surface area contributed by atoms with Crippen molar-refractivity contribution in [3.63, 3.8) is 0 Å². The van der Waals surface area contributed by atoms with Crippen molar-refractivity contribution in [3.05, 3.63) is 46.5 Å². The van der Waals surface area contributed by atoms with Crippen molar-refractivity contribution in [2.75, 3.05) is 0 Å². The van der Waals surface area contributed by atoms with Gasteiger partial charge in [-0.05, 0) is 40.5 Å². The molecule has 0 spiro atoms. The highest BCUT2D eigenvalue weighted by Crippen LogP contribution is 2.19. The molecule has 0 atom stereocenters. The molecule has 2 heterocycles. The van der Waals surface area contributed by atoms with Crippen LogP contribution in [0.5, 0.6) is 0 Å². The molecule has 16 heavy (non-hydrogen) atoms. The highest BCUT2D eigenvalue weighted by molar-refractivity contribution is 9.10. The van der Waals surface area contributed by atoms with Gasteiger partial charge in [-0.15, -0.1) is 0 Å². The summed E-state index contributed by atoms with van der Waals surface area (Å²) in [6, 6.07) is 5.73. The number of carbonyl (C=O) groups excluding carboxylic acids is 1. The molecule has 0 bridgehead atoms. The summed E-state index contributed by atoms with van der Waals surface area (Å²) in [5, 5.41) is 0. The molecule has 2 aromatic heterocycles. The zero-order valence-corrected chi connectivity index (χ0v) is 10.4. The average Bonchev–Trinajstić information content (AvgIpc) is 2.71. The van der Waals surface area contributed by atoms with Gasteiger partial charge in [0.1, 0.15) is 0 Å². The molecule has 0 saturated heterocycles. The number of pyridine rings is 1. The van der Waals surface area contributed by atoms with E-state index >= 15 is 0 Å². The lowest BCUT2D eigenvalue weighted by molar-refractivity contribution is 0.111. The van der Waals surface area contributed by atoms with Crippen molar-refractivity contribution in [1.29, 1.82) is 0 Å². The van der Waals surface area contributed by atoms with E-state index < -0.39 is 0 Å². The van der Waals surface area contributed by atoms with E-state index in [0.717, 1.165) is 28.6 Å². The second-order valence-electron chi connectivity index (χ2n) is 3.42. The predicted octanol–water partition coefficient (Wildman–Crippen LogP) is 3.01. The van der Waals surface area contributed by atoms with Crippen LogP contribution in [0.25, 0.3) is 5.69 Å². The molecule has 0 unspecified atom stereocenters. The molecule has 0 aliphatic heterocycles. The Morgan fingerprint density at radius 1 is 1.44 bits per heavy atom. The Balaban J connectivity index is 2.61. The van der Waals surface area contributed by atoms with Crippen molar-refractivity contribution in [2.24, 2.45) is 0 Å². The van der Waals surface area contributed by atoms with Crippen molar-refractivity contribution in [2.45, 2.75) is 13.3 Å². The van der Waals surface area contributed by atoms with Gasteiger partial charge in [0.2, 0.25) is 0 Å². The maximum atomic E-state index is 11.0. The van der Waals surface area contributed by atoms with Gasteiger partial charge in [0.05, 0.1) is 17.6 Å². The van der Waals surface area contributed by atoms with Crippen LogP contribution in [0.1, 0.15) is 23.1 Å². The molecule has 82 valence electrons. The summed E-state index contributed by atoms with van der Waals surface area (Å²) >= 11 is 3.38. The Hall–Kier alpha value is -1.42. The first kappa shape index (κ1) is 11.1. The van der Waals surface area contributed by atoms with Crippen molar-refractivity contribution in [1.82, 2.24) is 9.55 Å². The predicted molar refractivity (Wildman–Crippen MR) is 66.0 cm³/mol. The van der Waals surface area contributed by atoms with Gasteiger partial charge in [0.15, 0.2) is 6.29 Å². The third-order valence-electron chi connectivity index (χ3n) is 2.42. The molecule has 0 saturated carbocycles. The van der Waals surface area contributed by atoms with Crippen LogP contribution in [0.3, 0.4) is 0 Å². The SMILES string of the molecule is CCc1ccc(C=O)n1-c1cncc(Br)c1. The number of halogens is 1. The Kier molecular flexibility index (Phi) is 3.19. The Labute approximate surface area is 102 Å². The van der Waals surface area contributed by atoms with Gasteiger partial charge in [-0.1, -0.05) is 6.92 Å². The Bertz CT molecular complexity index is 519. The van der Waals surface area contributed by atoms with Gasteiger partial charge in [0, 0.05) is 16.4 Å². The summed E-state index contributed by atoms with van der Waals surface area (Å²) in [7, 11) is 0. The molecule has 0 radical (unpaired) electrons. The van der Waals surface area contributed by atoms with Crippen LogP contribution < -0.4 is 0 Å². The van der Waals surface area contributed by atoms with Crippen LogP contribution in [0, 0.1) is 0 Å². The smallest absolute Gasteiger partial charge is 0.166 e. The number of nitrogens with zero attached hydrogens (tertiary/aromatic N) is 2. The van der Waals surface area contributed by atoms with E-state index in [4.69, 9.17) is 0 Å². The van der Waals surface area contributed by atoms with Gasteiger partial charge in [-0.3, -0.25) is 9.78 Å². The third kappa shape index (κ3) is 1.93. The van der Waals surface area contributed by atoms with E-state index in [1.54, 1.807) is 12.4 Å². The van der Waals surface area contributed by atoms with E-state index in [2.05, 4.69) is 27.8 Å². The van der Waals surface area contributed by atoms with E-state index in [0.29, 0.717) is 5.69 Å². The minimum atomic E-state index is 0.650. The van der Waals surface area contributed by atoms with Gasteiger partial charge in [-0.2, -0.15) is 0 Å². The quantitative estimate of drug-likeness (QED) is 0.809. The molecule has 0 amide bonds. The van der Waals surface area contributed by atoms with Crippen LogP contribution in [0.15, 0.2) is 35.1 Å². The fourth-order valence-electron chi connectivity index (χ4n) is 1.70. The second kappa shape index (κ2) is 4.61. The number of carbonyl (C=O) groups is 1. The molecular weight excluding hydrogens is 268 g/mol. The summed E-state index contributed by atoms with van der Waals surface area (Å²) in [5.74, 6) is 0. The maximum absolute atomic E-state index is 11.0. The number of hydrogen-bond donors (Lipinski definition) is 0. The number of hydrogen-bond acceptors (Lipinski definition) is 2. The Morgan fingerprint density at radius 2 is 2.25 bits per heavy atom. The largest absolute Gasteiger partial charge is 0.310 e. The maximum Gasteiger partial charge on any atom is 0.166 e. The molecule has 2 aromatic rings. The minimum absolute atomic E-state index is 0.650. The molecule has 0 N–H and O–H groups in total. The molecule has 2 rings (SSSR count). The summed E-state index contributed by atoms with van der Waals surface area (Å²) < 4.78 is 2.82. The highest BCUT2D eigenvalue weighted by Gasteiger charge is 2.08. The monoisotopic (exact) mass is 278 g/mol. The molecule has 4 heteroatoms. The topological polar surface area (TPSA) is 34.9 Å². The summed E-state index contributed by atoms with van der Waals surface area (Å²) in [6.45, 7) is 2.06. The van der Waals surface area contributed by atoms with Crippen molar-refractivity contribution >= 4 is 22.2 Å². The lowest BCUT2D eigenvalue weighted by Gasteiger charge is -2.09. The number of aryl methyl sites for hydroxylation is 1. The second-order valence-corrected chi connectivity index (χ2v) is 4.33. The first-order chi connectivity index (χ1) is 7.76. The third-order valence-corrected chi connectivity index (χ3v) is 2.86. The van der Waals surface area contributed by atoms with Crippen LogP contribution in [0.4, 0.5) is 0 Å². The van der Waals surface area contributed by atoms with Crippen LogP contribution in [-0.4, -0.2) is 15.8 Å². The summed E-state index contributed by atoms with van der Waals surface area (Å²) in [4.78, 5) is 15.1. The summed E-state index contributed by atoms with van der Waals surface area (Å²) in [5.41, 5.74) is 2.65. The van der Waals surface area contributed by atoms with Gasteiger partial charge in [0.25, 0.3) is 0 Å². The first-order valence-corrected chi connectivity index (χ1v) is 5.82. The van der Waals surface area contributed by atoms with E-state index in [1.807, 2.05) is 22.8 Å². The summed E-state index contributed by atoms with van der Waals surface area (Å²) in [6.07, 6.45) is 5.20. The minimum Gasteiger partial charge on any atom is -0.310 e. The van der Waals surface area contributed by atoms with Crippen molar-refractivity contribution < 1.29 is 4.79 Å². The number of rotatable bonds is 3. The molecule has 0 fully saturated rings. The molecule has 0 aromatic carbocycles. The van der Waals surface area contributed by atoms with Gasteiger partial charge in [-0.25, -0.2) is 0 Å². The molecule has 3 nitrogen and oxygen atoms in total. The molecular formula is C12H11BrN2O. The van der Waals surface area contributed by atoms with E-state index in [-0.39, 0.29) is 0 Å². The lowest BCUT2D eigenvalue weighted by atomic mass is 10.3. The molecule has 0 aliphatic carbocycles.